The summed E-state index contributed by atoms with van der Waals surface area (Å²) in [6, 6.07) is 13.3. The van der Waals surface area contributed by atoms with Crippen LogP contribution in [0.2, 0.25) is 10.0 Å². The molecule has 0 spiro atoms. The minimum absolute atomic E-state index is 0.109. The zero-order chi connectivity index (χ0) is 22.9. The van der Waals surface area contributed by atoms with Gasteiger partial charge in [-0.2, -0.15) is 0 Å². The molecule has 7 unspecified atom stereocenters. The number of amides is 3. The van der Waals surface area contributed by atoms with E-state index >= 15 is 0 Å². The first-order chi connectivity index (χ1) is 15.9. The van der Waals surface area contributed by atoms with Crippen molar-refractivity contribution in [1.29, 1.82) is 0 Å². The predicted octanol–water partition coefficient (Wildman–Crippen LogP) is 4.60. The first-order valence-electron chi connectivity index (χ1n) is 11.3. The number of carbonyl (C=O) groups excluding carboxylic acids is 3. The minimum atomic E-state index is -0.958. The number of hydrogen-bond acceptors (Lipinski definition) is 3. The quantitative estimate of drug-likeness (QED) is 0.502. The lowest BCUT2D eigenvalue weighted by Gasteiger charge is -2.37. The standard InChI is InChI=1S/C26H22Cl2N2O3/c27-14-6-9-20(19(28)11-14)29-24(31)21(10-13-4-2-1-3-5-13)30-25(32)22-15-7-8-16(18-12-17(15)18)23(22)26(30)33/h1-9,11,15-18,21-23H,10,12H2,(H,29,31). The fraction of sp³-hybridized carbons (Fsp3) is 0.346. The van der Waals surface area contributed by atoms with Crippen molar-refractivity contribution in [2.75, 3.05) is 5.32 Å². The van der Waals surface area contributed by atoms with Crippen molar-refractivity contribution in [2.45, 2.75) is 18.9 Å². The molecule has 2 saturated carbocycles. The van der Waals surface area contributed by atoms with Crippen molar-refractivity contribution >= 4 is 46.6 Å². The molecular formula is C26H22Cl2N2O3. The highest BCUT2D eigenvalue weighted by Gasteiger charge is 2.67. The molecule has 1 heterocycles. The van der Waals surface area contributed by atoms with Crippen LogP contribution in [0.5, 0.6) is 0 Å². The number of nitrogens with zero attached hydrogens (tertiary/aromatic N) is 1. The van der Waals surface area contributed by atoms with Crippen LogP contribution < -0.4 is 5.32 Å². The number of rotatable bonds is 5. The second kappa shape index (κ2) is 7.71. The molecule has 2 aromatic rings. The van der Waals surface area contributed by atoms with Gasteiger partial charge in [0, 0.05) is 11.4 Å². The molecule has 5 nitrogen and oxygen atoms in total. The molecule has 33 heavy (non-hydrogen) atoms. The van der Waals surface area contributed by atoms with Gasteiger partial charge < -0.3 is 5.32 Å². The fourth-order valence-corrected chi connectivity index (χ4v) is 6.69. The van der Waals surface area contributed by atoms with E-state index in [1.165, 1.54) is 4.90 Å². The van der Waals surface area contributed by atoms with Gasteiger partial charge in [-0.1, -0.05) is 65.7 Å². The number of nitrogens with one attached hydrogen (secondary N) is 1. The second-order valence-corrected chi connectivity index (χ2v) is 10.4. The number of imide groups is 1. The van der Waals surface area contributed by atoms with Crippen molar-refractivity contribution in [3.8, 4) is 0 Å². The molecule has 1 aliphatic heterocycles. The summed E-state index contributed by atoms with van der Waals surface area (Å²) in [6.45, 7) is 0. The Kier molecular flexibility index (Phi) is 4.89. The van der Waals surface area contributed by atoms with Gasteiger partial charge in [0.2, 0.25) is 17.7 Å². The Morgan fingerprint density at radius 1 is 0.970 bits per heavy atom. The zero-order valence-corrected chi connectivity index (χ0v) is 19.2. The van der Waals surface area contributed by atoms with Crippen LogP contribution in [0.1, 0.15) is 12.0 Å². The molecule has 1 N–H and O–H groups in total. The normalized spacial score (nSPS) is 31.9. The number of benzene rings is 2. The van der Waals surface area contributed by atoms with Crippen LogP contribution >= 0.6 is 23.2 Å². The SMILES string of the molecule is O=C(Nc1ccc(Cl)cc1Cl)C(Cc1ccccc1)N1C(=O)C2C3C=CC(C4CC34)C2C1=O. The van der Waals surface area contributed by atoms with E-state index in [0.29, 0.717) is 27.6 Å². The van der Waals surface area contributed by atoms with Gasteiger partial charge in [-0.05, 0) is 53.9 Å². The molecular weight excluding hydrogens is 459 g/mol. The Morgan fingerprint density at radius 3 is 2.21 bits per heavy atom. The molecule has 4 aliphatic carbocycles. The van der Waals surface area contributed by atoms with Crippen LogP contribution in [-0.4, -0.2) is 28.7 Å². The molecule has 0 radical (unpaired) electrons. The Hall–Kier alpha value is -2.63. The van der Waals surface area contributed by atoms with Crippen LogP contribution in [0.25, 0.3) is 0 Å². The van der Waals surface area contributed by atoms with Crippen LogP contribution in [0, 0.1) is 35.5 Å². The maximum Gasteiger partial charge on any atom is 0.248 e. The molecule has 2 aromatic carbocycles. The lowest BCUT2D eigenvalue weighted by atomic mass is 9.63. The Morgan fingerprint density at radius 2 is 1.61 bits per heavy atom. The predicted molar refractivity (Wildman–Crippen MR) is 126 cm³/mol. The number of carbonyl (C=O) groups is 3. The van der Waals surface area contributed by atoms with Gasteiger partial charge in [0.15, 0.2) is 0 Å². The second-order valence-electron chi connectivity index (χ2n) is 9.52. The van der Waals surface area contributed by atoms with Gasteiger partial charge in [-0.25, -0.2) is 0 Å². The van der Waals surface area contributed by atoms with Crippen molar-refractivity contribution in [3.63, 3.8) is 0 Å². The van der Waals surface area contributed by atoms with Gasteiger partial charge in [-0.3, -0.25) is 19.3 Å². The lowest BCUT2D eigenvalue weighted by Crippen LogP contribution is -2.49. The largest absolute Gasteiger partial charge is 0.323 e. The zero-order valence-electron chi connectivity index (χ0n) is 17.7. The van der Waals surface area contributed by atoms with Crippen molar-refractivity contribution in [2.24, 2.45) is 35.5 Å². The van der Waals surface area contributed by atoms with E-state index in [4.69, 9.17) is 23.2 Å². The molecule has 7 atom stereocenters. The summed E-state index contributed by atoms with van der Waals surface area (Å²) in [6.07, 6.45) is 5.60. The van der Waals surface area contributed by atoms with Crippen molar-refractivity contribution < 1.29 is 14.4 Å². The van der Waals surface area contributed by atoms with E-state index in [2.05, 4.69) is 17.5 Å². The third-order valence-corrected chi connectivity index (χ3v) is 8.32. The molecule has 7 heteroatoms. The number of allylic oxidation sites excluding steroid dienone is 2. The molecule has 7 rings (SSSR count). The molecule has 5 aliphatic rings. The molecule has 0 aromatic heterocycles. The van der Waals surface area contributed by atoms with Crippen molar-refractivity contribution in [1.82, 2.24) is 4.90 Å². The number of hydrogen-bond donors (Lipinski definition) is 1. The monoisotopic (exact) mass is 480 g/mol. The summed E-state index contributed by atoms with van der Waals surface area (Å²) >= 11 is 12.3. The molecule has 3 amide bonds. The highest BCUT2D eigenvalue weighted by atomic mass is 35.5. The topological polar surface area (TPSA) is 66.5 Å². The third kappa shape index (κ3) is 3.32. The summed E-state index contributed by atoms with van der Waals surface area (Å²) in [7, 11) is 0. The van der Waals surface area contributed by atoms with E-state index in [1.807, 2.05) is 30.3 Å². The first-order valence-corrected chi connectivity index (χ1v) is 12.0. The minimum Gasteiger partial charge on any atom is -0.323 e. The summed E-state index contributed by atoms with van der Waals surface area (Å²) in [4.78, 5) is 42.1. The van der Waals surface area contributed by atoms with Crippen LogP contribution in [0.4, 0.5) is 5.69 Å². The van der Waals surface area contributed by atoms with Crippen LogP contribution in [0.15, 0.2) is 60.7 Å². The van der Waals surface area contributed by atoms with Gasteiger partial charge in [0.1, 0.15) is 6.04 Å². The summed E-state index contributed by atoms with van der Waals surface area (Å²) < 4.78 is 0. The van der Waals surface area contributed by atoms with Crippen LogP contribution in [0.3, 0.4) is 0 Å². The van der Waals surface area contributed by atoms with E-state index in [-0.39, 0.29) is 41.9 Å². The Labute approximate surface area is 201 Å². The molecule has 2 bridgehead atoms. The van der Waals surface area contributed by atoms with E-state index in [0.717, 1.165) is 12.0 Å². The summed E-state index contributed by atoms with van der Waals surface area (Å²) in [5.41, 5.74) is 1.27. The highest BCUT2D eigenvalue weighted by Crippen LogP contribution is 2.65. The highest BCUT2D eigenvalue weighted by molar-refractivity contribution is 6.36. The number of anilines is 1. The van der Waals surface area contributed by atoms with Gasteiger partial charge >= 0.3 is 0 Å². The van der Waals surface area contributed by atoms with Crippen LogP contribution in [-0.2, 0) is 20.8 Å². The van der Waals surface area contributed by atoms with Crippen molar-refractivity contribution in [3.05, 3.63) is 76.3 Å². The maximum atomic E-state index is 13.7. The van der Waals surface area contributed by atoms with E-state index in [9.17, 15) is 14.4 Å². The average molecular weight is 481 g/mol. The average Bonchev–Trinajstić information content (AvgIpc) is 3.59. The Balaban J connectivity index is 1.34. The fourth-order valence-electron chi connectivity index (χ4n) is 6.23. The third-order valence-electron chi connectivity index (χ3n) is 7.77. The summed E-state index contributed by atoms with van der Waals surface area (Å²) in [5, 5.41) is 3.57. The van der Waals surface area contributed by atoms with Gasteiger partial charge in [-0.15, -0.1) is 0 Å². The van der Waals surface area contributed by atoms with Gasteiger partial charge in [0.05, 0.1) is 22.5 Å². The first kappa shape index (κ1) is 20.9. The number of likely N-dealkylation sites (tertiary alicyclic amines) is 1. The van der Waals surface area contributed by atoms with Gasteiger partial charge in [0.25, 0.3) is 0 Å². The lowest BCUT2D eigenvalue weighted by molar-refractivity contribution is -0.146. The molecule has 1 saturated heterocycles. The summed E-state index contributed by atoms with van der Waals surface area (Å²) in [5.74, 6) is -0.326. The smallest absolute Gasteiger partial charge is 0.248 e. The molecule has 3 fully saturated rings. The van der Waals surface area contributed by atoms with E-state index < -0.39 is 11.9 Å². The van der Waals surface area contributed by atoms with E-state index in [1.54, 1.807) is 18.2 Å². The maximum absolute atomic E-state index is 13.7. The Bertz CT molecular complexity index is 1160. The molecule has 168 valence electrons. The number of halogens is 2.